The largest absolute Gasteiger partial charge is 0.481 e. The second kappa shape index (κ2) is 40.6. The maximum atomic E-state index is 11.7. The van der Waals surface area contributed by atoms with Crippen LogP contribution in [0.2, 0.25) is 0 Å². The Bertz CT molecular complexity index is 785. The summed E-state index contributed by atoms with van der Waals surface area (Å²) in [5.41, 5.74) is 0. The Labute approximate surface area is 311 Å². The molecule has 0 radical (unpaired) electrons. The lowest BCUT2D eigenvalue weighted by Crippen LogP contribution is -2.18. The van der Waals surface area contributed by atoms with Gasteiger partial charge in [-0.15, -0.1) is 0 Å². The van der Waals surface area contributed by atoms with Crippen molar-refractivity contribution in [3.63, 3.8) is 0 Å². The third kappa shape index (κ3) is 43.9. The van der Waals surface area contributed by atoms with E-state index < -0.39 is 30.0 Å². The van der Waals surface area contributed by atoms with E-state index in [-0.39, 0.29) is 18.8 Å². The van der Waals surface area contributed by atoms with Crippen LogP contribution in [0.5, 0.6) is 0 Å². The second-order valence-corrected chi connectivity index (χ2v) is 14.8. The Kier molecular flexibility index (Phi) is 40.6. The normalized spacial score (nSPS) is 12.2. The van der Waals surface area contributed by atoms with Gasteiger partial charge in [-0.05, 0) is 32.1 Å². The standard InChI is InChI=1S/C36H70O5.C6H10O4/c1-2-3-4-5-6-7-8-9-12-15-18-21-24-27-30-33(35(38)39)31-28-25-22-19-16-13-10-11-14-17-20-23-26-29-32-34(37)36(40)41;7-5(8)3-1-2-4-6(9)10/h33-34,37H,2-32H2,1H3,(H,38,39)(H,40,41);1-4H2,(H,7,8)(H,9,10). The van der Waals surface area contributed by atoms with Crippen LogP contribution in [0.3, 0.4) is 0 Å². The molecule has 0 saturated heterocycles. The van der Waals surface area contributed by atoms with Crippen molar-refractivity contribution in [3.05, 3.63) is 0 Å². The smallest absolute Gasteiger partial charge is 0.332 e. The summed E-state index contributed by atoms with van der Waals surface area (Å²) in [7, 11) is 0. The summed E-state index contributed by atoms with van der Waals surface area (Å²) in [6.07, 6.45) is 37.4. The topological polar surface area (TPSA) is 169 Å². The van der Waals surface area contributed by atoms with E-state index in [1.54, 1.807) is 0 Å². The molecule has 5 N–H and O–H groups in total. The second-order valence-electron chi connectivity index (χ2n) is 14.8. The van der Waals surface area contributed by atoms with Crippen LogP contribution in [-0.2, 0) is 19.2 Å². The zero-order valence-electron chi connectivity index (χ0n) is 32.8. The van der Waals surface area contributed by atoms with E-state index >= 15 is 0 Å². The number of carbonyl (C=O) groups is 4. The summed E-state index contributed by atoms with van der Waals surface area (Å²) in [4.78, 5) is 42.0. The molecule has 0 saturated carbocycles. The fraction of sp³-hybridized carbons (Fsp3) is 0.905. The molecule has 0 heterocycles. The van der Waals surface area contributed by atoms with Crippen LogP contribution in [0, 0.1) is 5.92 Å². The molecule has 0 aromatic rings. The lowest BCUT2D eigenvalue weighted by atomic mass is 9.94. The van der Waals surface area contributed by atoms with E-state index in [2.05, 4.69) is 6.92 Å². The molecule has 0 spiro atoms. The molecule has 0 aromatic heterocycles. The highest BCUT2D eigenvalue weighted by atomic mass is 16.4. The summed E-state index contributed by atoms with van der Waals surface area (Å²) >= 11 is 0. The number of carboxylic acid groups (broad SMARTS) is 4. The summed E-state index contributed by atoms with van der Waals surface area (Å²) in [6, 6.07) is 0. The van der Waals surface area contributed by atoms with Crippen LogP contribution in [0.25, 0.3) is 0 Å². The van der Waals surface area contributed by atoms with E-state index in [1.165, 1.54) is 148 Å². The third-order valence-electron chi connectivity index (χ3n) is 9.85. The van der Waals surface area contributed by atoms with Gasteiger partial charge in [-0.3, -0.25) is 14.4 Å². The van der Waals surface area contributed by atoms with Crippen LogP contribution < -0.4 is 0 Å². The maximum Gasteiger partial charge on any atom is 0.332 e. The number of unbranched alkanes of at least 4 members (excludes halogenated alkanes) is 27. The molecule has 0 amide bonds. The van der Waals surface area contributed by atoms with Crippen molar-refractivity contribution >= 4 is 23.9 Å². The van der Waals surface area contributed by atoms with Gasteiger partial charge in [0.1, 0.15) is 0 Å². The zero-order chi connectivity index (χ0) is 38.2. The number of hydrogen-bond acceptors (Lipinski definition) is 5. The number of aliphatic hydroxyl groups is 1. The van der Waals surface area contributed by atoms with Gasteiger partial charge < -0.3 is 25.5 Å². The van der Waals surface area contributed by atoms with Gasteiger partial charge >= 0.3 is 23.9 Å². The molecule has 0 aromatic carbocycles. The minimum Gasteiger partial charge on any atom is -0.481 e. The first-order valence-electron chi connectivity index (χ1n) is 21.2. The van der Waals surface area contributed by atoms with Crippen LogP contribution in [-0.4, -0.2) is 55.5 Å². The number of hydrogen-bond donors (Lipinski definition) is 5. The molecule has 9 nitrogen and oxygen atoms in total. The summed E-state index contributed by atoms with van der Waals surface area (Å²) in [5, 5.41) is 43.8. The fourth-order valence-electron chi connectivity index (χ4n) is 6.50. The van der Waals surface area contributed by atoms with Crippen LogP contribution in [0.15, 0.2) is 0 Å². The molecule has 0 aliphatic rings. The molecular weight excluding hydrogens is 648 g/mol. The summed E-state index contributed by atoms with van der Waals surface area (Å²) in [6.45, 7) is 2.27. The lowest BCUT2D eigenvalue weighted by molar-refractivity contribution is -0.147. The van der Waals surface area contributed by atoms with E-state index in [4.69, 9.17) is 15.3 Å². The predicted octanol–water partition coefficient (Wildman–Crippen LogP) is 12.0. The molecule has 9 heteroatoms. The van der Waals surface area contributed by atoms with Gasteiger partial charge in [0.05, 0.1) is 5.92 Å². The molecule has 2 atom stereocenters. The molecule has 0 fully saturated rings. The Morgan fingerprint density at radius 3 is 0.843 bits per heavy atom. The minimum atomic E-state index is -1.19. The van der Waals surface area contributed by atoms with Gasteiger partial charge in [0, 0.05) is 12.8 Å². The molecule has 51 heavy (non-hydrogen) atoms. The minimum absolute atomic E-state index is 0.0628. The highest BCUT2D eigenvalue weighted by molar-refractivity contribution is 5.71. The highest BCUT2D eigenvalue weighted by Gasteiger charge is 2.16. The molecule has 0 aliphatic heterocycles. The van der Waals surface area contributed by atoms with Gasteiger partial charge in [0.2, 0.25) is 0 Å². The lowest BCUT2D eigenvalue weighted by Gasteiger charge is -2.12. The molecular formula is C42H80O9. The number of aliphatic carboxylic acids is 4. The maximum absolute atomic E-state index is 11.7. The molecule has 2 unspecified atom stereocenters. The van der Waals surface area contributed by atoms with Crippen molar-refractivity contribution in [1.82, 2.24) is 0 Å². The van der Waals surface area contributed by atoms with E-state index in [1.807, 2.05) is 0 Å². The van der Waals surface area contributed by atoms with E-state index in [0.717, 1.165) is 44.9 Å². The van der Waals surface area contributed by atoms with Crippen LogP contribution in [0.1, 0.15) is 232 Å². The average Bonchev–Trinajstić information content (AvgIpc) is 3.08. The fourth-order valence-corrected chi connectivity index (χ4v) is 6.50. The summed E-state index contributed by atoms with van der Waals surface area (Å²) in [5.74, 6) is -3.57. The number of carboxylic acids is 4. The predicted molar refractivity (Wildman–Crippen MR) is 207 cm³/mol. The Hall–Kier alpha value is -2.16. The van der Waals surface area contributed by atoms with Crippen molar-refractivity contribution in [2.24, 2.45) is 5.92 Å². The SMILES string of the molecule is CCCCCCCCCCCCCCCCC(CCCCCCCCCCCCCCCCC(O)C(=O)O)C(=O)O.O=C(O)CCCCC(=O)O. The highest BCUT2D eigenvalue weighted by Crippen LogP contribution is 2.21. The molecule has 0 bridgehead atoms. The first-order chi connectivity index (χ1) is 24.6. The molecule has 302 valence electrons. The Morgan fingerprint density at radius 2 is 0.608 bits per heavy atom. The van der Waals surface area contributed by atoms with E-state index in [0.29, 0.717) is 19.3 Å². The monoisotopic (exact) mass is 729 g/mol. The van der Waals surface area contributed by atoms with Gasteiger partial charge in [0.25, 0.3) is 0 Å². The Balaban J connectivity index is 0. The first-order valence-corrected chi connectivity index (χ1v) is 21.2. The Morgan fingerprint density at radius 1 is 0.353 bits per heavy atom. The van der Waals surface area contributed by atoms with E-state index in [9.17, 15) is 29.4 Å². The van der Waals surface area contributed by atoms with Crippen molar-refractivity contribution in [2.45, 2.75) is 238 Å². The number of aliphatic hydroxyl groups excluding tert-OH is 1. The van der Waals surface area contributed by atoms with Gasteiger partial charge in [-0.2, -0.15) is 0 Å². The molecule has 0 rings (SSSR count). The quantitative estimate of drug-likeness (QED) is 0.0386. The van der Waals surface area contributed by atoms with Gasteiger partial charge in [0.15, 0.2) is 6.10 Å². The first kappa shape index (κ1) is 50.9. The van der Waals surface area contributed by atoms with Crippen LogP contribution >= 0.6 is 0 Å². The van der Waals surface area contributed by atoms with Crippen molar-refractivity contribution < 1.29 is 44.7 Å². The van der Waals surface area contributed by atoms with Crippen molar-refractivity contribution in [3.8, 4) is 0 Å². The van der Waals surface area contributed by atoms with Gasteiger partial charge in [-0.25, -0.2) is 4.79 Å². The van der Waals surface area contributed by atoms with Crippen LogP contribution in [0.4, 0.5) is 0 Å². The molecule has 0 aliphatic carbocycles. The third-order valence-corrected chi connectivity index (χ3v) is 9.85. The summed E-state index contributed by atoms with van der Waals surface area (Å²) < 4.78 is 0. The van der Waals surface area contributed by atoms with Crippen molar-refractivity contribution in [1.29, 1.82) is 0 Å². The van der Waals surface area contributed by atoms with Crippen molar-refractivity contribution in [2.75, 3.05) is 0 Å². The number of rotatable bonds is 39. The van der Waals surface area contributed by atoms with Gasteiger partial charge in [-0.1, -0.05) is 187 Å². The average molecular weight is 729 g/mol. The zero-order valence-corrected chi connectivity index (χ0v) is 32.8.